The zero-order valence-electron chi connectivity index (χ0n) is 16.9. The third-order valence-corrected chi connectivity index (χ3v) is 4.77. The highest BCUT2D eigenvalue weighted by molar-refractivity contribution is 5.95. The molecule has 0 aliphatic heterocycles. The molecule has 1 aromatic heterocycles. The van der Waals surface area contributed by atoms with E-state index in [1.54, 1.807) is 12.1 Å². The first-order valence-corrected chi connectivity index (χ1v) is 9.18. The van der Waals surface area contributed by atoms with Gasteiger partial charge in [0.2, 0.25) is 5.75 Å². The number of nitrogens with one attached hydrogen (secondary N) is 2. The number of carbonyl (C=O) groups is 1. The summed E-state index contributed by atoms with van der Waals surface area (Å²) >= 11 is 0. The van der Waals surface area contributed by atoms with E-state index in [1.807, 2.05) is 31.2 Å². The molecule has 7 heteroatoms. The molecule has 2 N–H and O–H groups in total. The Hall–Kier alpha value is -3.48. The van der Waals surface area contributed by atoms with Gasteiger partial charge in [-0.05, 0) is 42.5 Å². The number of aromatic nitrogens is 1. The number of pyridine rings is 1. The fourth-order valence-electron chi connectivity index (χ4n) is 3.24. The van der Waals surface area contributed by atoms with Gasteiger partial charge >= 0.3 is 0 Å². The van der Waals surface area contributed by atoms with E-state index in [0.29, 0.717) is 41.3 Å². The zero-order chi connectivity index (χ0) is 21.0. The Morgan fingerprint density at radius 2 is 1.72 bits per heavy atom. The molecule has 3 rings (SSSR count). The van der Waals surface area contributed by atoms with Crippen molar-refractivity contribution in [1.29, 1.82) is 0 Å². The van der Waals surface area contributed by atoms with Crippen LogP contribution in [-0.2, 0) is 6.42 Å². The smallest absolute Gasteiger partial charge is 0.251 e. The molecule has 0 spiro atoms. The van der Waals surface area contributed by atoms with E-state index in [4.69, 9.17) is 14.2 Å². The monoisotopic (exact) mass is 396 g/mol. The van der Waals surface area contributed by atoms with Crippen LogP contribution < -0.4 is 25.1 Å². The lowest BCUT2D eigenvalue weighted by Gasteiger charge is -2.14. The fraction of sp³-hybridized carbons (Fsp3) is 0.273. The molecule has 0 aliphatic carbocycles. The lowest BCUT2D eigenvalue weighted by Crippen LogP contribution is -2.27. The first-order chi connectivity index (χ1) is 14.0. The Bertz CT molecular complexity index is 1080. The lowest BCUT2D eigenvalue weighted by atomic mass is 10.1. The molecule has 152 valence electrons. The second kappa shape index (κ2) is 8.68. The predicted octanol–water partition coefficient (Wildman–Crippen LogP) is 2.83. The first-order valence-electron chi connectivity index (χ1n) is 9.18. The Balaban J connectivity index is 1.74. The van der Waals surface area contributed by atoms with Crippen molar-refractivity contribution in [2.24, 2.45) is 0 Å². The van der Waals surface area contributed by atoms with Crippen molar-refractivity contribution >= 4 is 16.8 Å². The summed E-state index contributed by atoms with van der Waals surface area (Å²) in [5.74, 6) is 0.929. The fourth-order valence-corrected chi connectivity index (χ4v) is 3.24. The second-order valence-corrected chi connectivity index (χ2v) is 6.58. The summed E-state index contributed by atoms with van der Waals surface area (Å²) < 4.78 is 15.8. The van der Waals surface area contributed by atoms with Crippen LogP contribution in [0.3, 0.4) is 0 Å². The highest BCUT2D eigenvalue weighted by atomic mass is 16.5. The number of fused-ring (bicyclic) bond motifs is 1. The molecule has 1 amide bonds. The third-order valence-electron chi connectivity index (χ3n) is 4.77. The Kier molecular flexibility index (Phi) is 6.07. The van der Waals surface area contributed by atoms with E-state index < -0.39 is 0 Å². The predicted molar refractivity (Wildman–Crippen MR) is 111 cm³/mol. The summed E-state index contributed by atoms with van der Waals surface area (Å²) in [6.45, 7) is 2.27. The topological polar surface area (TPSA) is 89.7 Å². The van der Waals surface area contributed by atoms with Gasteiger partial charge in [0, 0.05) is 17.7 Å². The van der Waals surface area contributed by atoms with Gasteiger partial charge in [-0.15, -0.1) is 0 Å². The SMILES string of the molecule is COc1cc(C(=O)NCCc2cc3cccc(C)c3[nH]c2=O)cc(OC)c1OC. The highest BCUT2D eigenvalue weighted by Gasteiger charge is 2.17. The van der Waals surface area contributed by atoms with Crippen LogP contribution in [-0.4, -0.2) is 38.8 Å². The summed E-state index contributed by atoms with van der Waals surface area (Å²) in [7, 11) is 4.49. The van der Waals surface area contributed by atoms with Crippen LogP contribution in [0.25, 0.3) is 10.9 Å². The average Bonchev–Trinajstić information content (AvgIpc) is 2.73. The van der Waals surface area contributed by atoms with Gasteiger partial charge in [0.05, 0.1) is 26.8 Å². The maximum absolute atomic E-state index is 12.6. The number of H-pyrrole nitrogens is 1. The summed E-state index contributed by atoms with van der Waals surface area (Å²) in [4.78, 5) is 27.8. The Labute approximate surface area is 168 Å². The quantitative estimate of drug-likeness (QED) is 0.641. The molecule has 0 atom stereocenters. The summed E-state index contributed by atoms with van der Waals surface area (Å²) in [5, 5.41) is 3.80. The number of hydrogen-bond donors (Lipinski definition) is 2. The standard InChI is InChI=1S/C22H24N2O5/c1-13-6-5-7-14-10-15(22(26)24-19(13)14)8-9-23-21(25)16-11-17(27-2)20(29-4)18(12-16)28-3/h5-7,10-12H,8-9H2,1-4H3,(H,23,25)(H,24,26). The number of benzene rings is 2. The zero-order valence-corrected chi connectivity index (χ0v) is 16.9. The number of methoxy groups -OCH3 is 3. The van der Waals surface area contributed by atoms with Gasteiger partial charge in [-0.3, -0.25) is 9.59 Å². The van der Waals surface area contributed by atoms with E-state index in [2.05, 4.69) is 10.3 Å². The number of aromatic amines is 1. The van der Waals surface area contributed by atoms with E-state index in [0.717, 1.165) is 16.5 Å². The molecule has 0 fully saturated rings. The van der Waals surface area contributed by atoms with Crippen molar-refractivity contribution in [1.82, 2.24) is 10.3 Å². The highest BCUT2D eigenvalue weighted by Crippen LogP contribution is 2.38. The number of amides is 1. The number of ether oxygens (including phenoxy) is 3. The Morgan fingerprint density at radius 3 is 2.34 bits per heavy atom. The molecular weight excluding hydrogens is 372 g/mol. The van der Waals surface area contributed by atoms with Crippen molar-refractivity contribution in [3.8, 4) is 17.2 Å². The summed E-state index contributed by atoms with van der Waals surface area (Å²) in [6.07, 6.45) is 0.412. The second-order valence-electron chi connectivity index (χ2n) is 6.58. The first kappa shape index (κ1) is 20.3. The minimum absolute atomic E-state index is 0.145. The molecular formula is C22H24N2O5. The van der Waals surface area contributed by atoms with Crippen LogP contribution in [0.4, 0.5) is 0 Å². The number of aryl methyl sites for hydroxylation is 1. The van der Waals surface area contributed by atoms with Crippen LogP contribution in [0.1, 0.15) is 21.5 Å². The summed E-state index contributed by atoms with van der Waals surface area (Å²) in [5.41, 5.74) is 2.70. The number of hydrogen-bond acceptors (Lipinski definition) is 5. The van der Waals surface area contributed by atoms with Crippen molar-refractivity contribution in [3.05, 3.63) is 63.4 Å². The molecule has 0 saturated carbocycles. The number of rotatable bonds is 7. The molecule has 0 unspecified atom stereocenters. The molecule has 0 bridgehead atoms. The van der Waals surface area contributed by atoms with Gasteiger partial charge in [-0.25, -0.2) is 0 Å². The molecule has 1 heterocycles. The average molecular weight is 396 g/mol. The van der Waals surface area contributed by atoms with Crippen LogP contribution in [0.5, 0.6) is 17.2 Å². The number of para-hydroxylation sites is 1. The van der Waals surface area contributed by atoms with Crippen LogP contribution in [0.15, 0.2) is 41.2 Å². The van der Waals surface area contributed by atoms with Crippen LogP contribution in [0, 0.1) is 6.92 Å². The van der Waals surface area contributed by atoms with Gasteiger partial charge in [0.15, 0.2) is 11.5 Å². The lowest BCUT2D eigenvalue weighted by molar-refractivity contribution is 0.0953. The van der Waals surface area contributed by atoms with Crippen LogP contribution in [0.2, 0.25) is 0 Å². The van der Waals surface area contributed by atoms with Crippen molar-refractivity contribution < 1.29 is 19.0 Å². The normalized spacial score (nSPS) is 10.6. The minimum atomic E-state index is -0.294. The van der Waals surface area contributed by atoms with Gasteiger partial charge < -0.3 is 24.5 Å². The van der Waals surface area contributed by atoms with Gasteiger partial charge in [-0.1, -0.05) is 18.2 Å². The largest absolute Gasteiger partial charge is 0.493 e. The molecule has 3 aromatic rings. The molecule has 0 radical (unpaired) electrons. The van der Waals surface area contributed by atoms with E-state index in [1.165, 1.54) is 21.3 Å². The molecule has 29 heavy (non-hydrogen) atoms. The Morgan fingerprint density at radius 1 is 1.03 bits per heavy atom. The van der Waals surface area contributed by atoms with Crippen molar-refractivity contribution in [2.45, 2.75) is 13.3 Å². The molecule has 0 aliphatic rings. The van der Waals surface area contributed by atoms with Gasteiger partial charge in [0.1, 0.15) is 0 Å². The van der Waals surface area contributed by atoms with E-state index >= 15 is 0 Å². The van der Waals surface area contributed by atoms with Crippen molar-refractivity contribution in [3.63, 3.8) is 0 Å². The van der Waals surface area contributed by atoms with Crippen molar-refractivity contribution in [2.75, 3.05) is 27.9 Å². The third kappa shape index (κ3) is 4.18. The number of carbonyl (C=O) groups excluding carboxylic acids is 1. The van der Waals surface area contributed by atoms with E-state index in [-0.39, 0.29) is 11.5 Å². The summed E-state index contributed by atoms with van der Waals surface area (Å²) in [6, 6.07) is 10.9. The molecule has 2 aromatic carbocycles. The van der Waals surface area contributed by atoms with Gasteiger partial charge in [-0.2, -0.15) is 0 Å². The molecule has 7 nitrogen and oxygen atoms in total. The maximum Gasteiger partial charge on any atom is 0.251 e. The van der Waals surface area contributed by atoms with Crippen LogP contribution >= 0.6 is 0 Å². The van der Waals surface area contributed by atoms with Gasteiger partial charge in [0.25, 0.3) is 11.5 Å². The minimum Gasteiger partial charge on any atom is -0.493 e. The molecule has 0 saturated heterocycles. The van der Waals surface area contributed by atoms with E-state index in [9.17, 15) is 9.59 Å². The maximum atomic E-state index is 12.6.